The maximum Gasteiger partial charge on any atom is 0.433 e. The highest BCUT2D eigenvalue weighted by Crippen LogP contribution is 2.28. The lowest BCUT2D eigenvalue weighted by Crippen LogP contribution is -2.25. The van der Waals surface area contributed by atoms with E-state index >= 15 is 0 Å². The first-order valence-corrected chi connectivity index (χ1v) is 5.55. The summed E-state index contributed by atoms with van der Waals surface area (Å²) in [6.07, 6.45) is -4.59. The first kappa shape index (κ1) is 16.1. The number of methoxy groups -OCH3 is 1. The van der Waals surface area contributed by atoms with Gasteiger partial charge in [0.05, 0.1) is 5.56 Å². The molecule has 0 spiro atoms. The Morgan fingerprint density at radius 2 is 2.15 bits per heavy atom. The van der Waals surface area contributed by atoms with Gasteiger partial charge in [0.2, 0.25) is 13.9 Å². The zero-order valence-corrected chi connectivity index (χ0v) is 11.2. The molecule has 0 aliphatic heterocycles. The van der Waals surface area contributed by atoms with Crippen molar-refractivity contribution in [2.75, 3.05) is 20.8 Å². The van der Waals surface area contributed by atoms with Gasteiger partial charge in [-0.2, -0.15) is 13.2 Å². The highest BCUT2D eigenvalue weighted by molar-refractivity contribution is 6.18. The van der Waals surface area contributed by atoms with Gasteiger partial charge in [-0.15, -0.1) is 0 Å². The molecular formula is C12H12BF3N2O2. The largest absolute Gasteiger partial charge is 0.433 e. The van der Waals surface area contributed by atoms with Gasteiger partial charge in [-0.05, 0) is 25.1 Å². The molecule has 0 fully saturated rings. The molecule has 1 rings (SSSR count). The number of rotatable bonds is 2. The average molecular weight is 284 g/mol. The predicted octanol–water partition coefficient (Wildman–Crippen LogP) is 0.718. The summed E-state index contributed by atoms with van der Waals surface area (Å²) < 4.78 is 42.5. The second kappa shape index (κ2) is 6.43. The molecule has 0 saturated carbocycles. The molecule has 0 aliphatic carbocycles. The number of hydrogen-bond acceptors (Lipinski definition) is 3. The van der Waals surface area contributed by atoms with Crippen molar-refractivity contribution in [3.05, 3.63) is 29.1 Å². The Labute approximate surface area is 115 Å². The fourth-order valence-corrected chi connectivity index (χ4v) is 1.32. The molecule has 1 amide bonds. The molecule has 4 nitrogen and oxygen atoms in total. The third-order valence-corrected chi connectivity index (χ3v) is 2.25. The molecule has 106 valence electrons. The number of pyridine rings is 1. The van der Waals surface area contributed by atoms with Gasteiger partial charge >= 0.3 is 6.18 Å². The van der Waals surface area contributed by atoms with E-state index in [4.69, 9.17) is 0 Å². The standard InChI is InChI=1S/C12H12BF3N2O2/c1-18(13)11(19)8-5-6-10(12(14,15)16)17-9(8)4-3-7-20-2/h5-6H,7,13H2,1-2H3. The molecule has 0 unspecified atom stereocenters. The van der Waals surface area contributed by atoms with Crippen molar-refractivity contribution in [1.82, 2.24) is 9.79 Å². The summed E-state index contributed by atoms with van der Waals surface area (Å²) in [7, 11) is 4.39. The summed E-state index contributed by atoms with van der Waals surface area (Å²) in [6.45, 7) is 0.0352. The molecule has 0 N–H and O–H groups in total. The van der Waals surface area contributed by atoms with E-state index in [0.717, 1.165) is 12.1 Å². The van der Waals surface area contributed by atoms with Gasteiger partial charge in [0.1, 0.15) is 18.0 Å². The maximum absolute atomic E-state index is 12.6. The number of ether oxygens (including phenoxy) is 1. The van der Waals surface area contributed by atoms with Crippen LogP contribution in [0.15, 0.2) is 12.1 Å². The fourth-order valence-electron chi connectivity index (χ4n) is 1.32. The lowest BCUT2D eigenvalue weighted by Gasteiger charge is -2.13. The van der Waals surface area contributed by atoms with Crippen molar-refractivity contribution >= 4 is 13.9 Å². The topological polar surface area (TPSA) is 42.4 Å². The second-order valence-electron chi connectivity index (χ2n) is 4.02. The third kappa shape index (κ3) is 4.00. The van der Waals surface area contributed by atoms with Gasteiger partial charge in [-0.1, -0.05) is 5.92 Å². The Kier molecular flexibility index (Phi) is 5.16. The average Bonchev–Trinajstić information content (AvgIpc) is 2.37. The Morgan fingerprint density at radius 1 is 1.50 bits per heavy atom. The molecular weight excluding hydrogens is 272 g/mol. The zero-order valence-electron chi connectivity index (χ0n) is 11.2. The normalized spacial score (nSPS) is 10.7. The minimum absolute atomic E-state index is 0.0200. The second-order valence-corrected chi connectivity index (χ2v) is 4.02. The van der Waals surface area contributed by atoms with Gasteiger partial charge < -0.3 is 9.55 Å². The van der Waals surface area contributed by atoms with E-state index in [1.165, 1.54) is 26.9 Å². The lowest BCUT2D eigenvalue weighted by molar-refractivity contribution is -0.141. The highest BCUT2D eigenvalue weighted by Gasteiger charge is 2.33. The number of carbonyl (C=O) groups excluding carboxylic acids is 1. The van der Waals surface area contributed by atoms with E-state index in [1.54, 1.807) is 0 Å². The van der Waals surface area contributed by atoms with E-state index in [9.17, 15) is 18.0 Å². The zero-order chi connectivity index (χ0) is 15.3. The molecule has 0 bridgehead atoms. The van der Waals surface area contributed by atoms with Crippen LogP contribution in [0.5, 0.6) is 0 Å². The first-order valence-electron chi connectivity index (χ1n) is 5.55. The van der Waals surface area contributed by atoms with Gasteiger partial charge in [-0.25, -0.2) is 4.98 Å². The van der Waals surface area contributed by atoms with E-state index < -0.39 is 17.8 Å². The minimum Gasteiger partial charge on any atom is -0.392 e. The van der Waals surface area contributed by atoms with E-state index in [1.807, 2.05) is 0 Å². The van der Waals surface area contributed by atoms with Crippen LogP contribution in [0, 0.1) is 11.8 Å². The summed E-state index contributed by atoms with van der Waals surface area (Å²) in [5.41, 5.74) is -1.28. The SMILES string of the molecule is BN(C)C(=O)c1ccc(C(F)(F)F)nc1C#CCOC. The molecule has 20 heavy (non-hydrogen) atoms. The number of aromatic nitrogens is 1. The van der Waals surface area contributed by atoms with Gasteiger partial charge in [0.15, 0.2) is 0 Å². The number of amides is 1. The molecule has 0 aliphatic rings. The Hall–Kier alpha value is -2.01. The first-order chi connectivity index (χ1) is 9.27. The van der Waals surface area contributed by atoms with E-state index in [2.05, 4.69) is 21.6 Å². The van der Waals surface area contributed by atoms with Gasteiger partial charge in [0.25, 0.3) is 0 Å². The number of alkyl halides is 3. The molecule has 1 aromatic heterocycles. The summed E-state index contributed by atoms with van der Waals surface area (Å²) >= 11 is 0. The van der Waals surface area contributed by atoms with Gasteiger partial charge in [-0.3, -0.25) is 4.79 Å². The van der Waals surface area contributed by atoms with Crippen molar-refractivity contribution in [2.45, 2.75) is 6.18 Å². The van der Waals surface area contributed by atoms with Crippen molar-refractivity contribution in [1.29, 1.82) is 0 Å². The molecule has 1 aromatic rings. The van der Waals surface area contributed by atoms with Crippen molar-refractivity contribution in [3.63, 3.8) is 0 Å². The van der Waals surface area contributed by atoms with Crippen molar-refractivity contribution in [3.8, 4) is 11.8 Å². The minimum atomic E-state index is -4.59. The Bertz CT molecular complexity index is 562. The van der Waals surface area contributed by atoms with Crippen LogP contribution < -0.4 is 0 Å². The van der Waals surface area contributed by atoms with Crippen molar-refractivity contribution < 1.29 is 22.7 Å². The third-order valence-electron chi connectivity index (χ3n) is 2.25. The van der Waals surface area contributed by atoms with Crippen LogP contribution in [-0.4, -0.2) is 44.4 Å². The Balaban J connectivity index is 3.32. The van der Waals surface area contributed by atoms with Crippen LogP contribution in [-0.2, 0) is 10.9 Å². The molecule has 1 heterocycles. The number of halogens is 3. The number of nitrogens with zero attached hydrogens (tertiary/aromatic N) is 2. The fraction of sp³-hybridized carbons (Fsp3) is 0.333. The van der Waals surface area contributed by atoms with Crippen LogP contribution in [0.4, 0.5) is 13.2 Å². The molecule has 0 saturated heterocycles. The van der Waals surface area contributed by atoms with Crippen LogP contribution >= 0.6 is 0 Å². The van der Waals surface area contributed by atoms with E-state index in [0.29, 0.717) is 0 Å². The summed E-state index contributed by atoms with van der Waals surface area (Å²) in [4.78, 5) is 16.5. The summed E-state index contributed by atoms with van der Waals surface area (Å²) in [6, 6.07) is 1.84. The lowest BCUT2D eigenvalue weighted by atomic mass is 10.1. The quantitative estimate of drug-likeness (QED) is 0.593. The summed E-state index contributed by atoms with van der Waals surface area (Å²) in [5.74, 6) is 4.46. The van der Waals surface area contributed by atoms with Crippen LogP contribution in [0.1, 0.15) is 21.7 Å². The number of carbonyl (C=O) groups is 1. The molecule has 0 radical (unpaired) electrons. The van der Waals surface area contributed by atoms with Crippen LogP contribution in [0.25, 0.3) is 0 Å². The van der Waals surface area contributed by atoms with Crippen LogP contribution in [0.3, 0.4) is 0 Å². The summed E-state index contributed by atoms with van der Waals surface area (Å²) in [5, 5.41) is 0. The monoisotopic (exact) mass is 284 g/mol. The predicted molar refractivity (Wildman–Crippen MR) is 68.6 cm³/mol. The highest BCUT2D eigenvalue weighted by atomic mass is 19.4. The molecule has 8 heteroatoms. The van der Waals surface area contributed by atoms with Gasteiger partial charge in [0, 0.05) is 7.11 Å². The van der Waals surface area contributed by atoms with E-state index in [-0.39, 0.29) is 17.9 Å². The van der Waals surface area contributed by atoms with Crippen LogP contribution in [0.2, 0.25) is 0 Å². The smallest absolute Gasteiger partial charge is 0.392 e. The molecule has 0 atom stereocenters. The molecule has 0 aromatic carbocycles. The Morgan fingerprint density at radius 3 is 2.65 bits per heavy atom. The number of hydrogen-bond donors (Lipinski definition) is 0. The maximum atomic E-state index is 12.6. The van der Waals surface area contributed by atoms with Crippen molar-refractivity contribution in [2.24, 2.45) is 0 Å².